The number of carbonyl (C=O) groups is 4. The maximum atomic E-state index is 14.0. The van der Waals surface area contributed by atoms with Crippen molar-refractivity contribution in [1.82, 2.24) is 4.90 Å². The number of esters is 1. The van der Waals surface area contributed by atoms with Crippen molar-refractivity contribution in [1.29, 1.82) is 0 Å². The first-order valence-electron chi connectivity index (χ1n) is 14.0. The van der Waals surface area contributed by atoms with Crippen molar-refractivity contribution < 1.29 is 44.3 Å². The summed E-state index contributed by atoms with van der Waals surface area (Å²) in [5.74, 6) is -7.43. The molecule has 0 aromatic heterocycles. The lowest BCUT2D eigenvalue weighted by Gasteiger charge is -2.50. The number of amides is 1. The quantitative estimate of drug-likeness (QED) is 0.159. The van der Waals surface area contributed by atoms with Crippen LogP contribution in [0.2, 0.25) is 0 Å². The van der Waals surface area contributed by atoms with E-state index >= 15 is 0 Å². The van der Waals surface area contributed by atoms with Crippen LogP contribution in [0.4, 0.5) is 5.69 Å². The number of Topliss-reactive ketones (excluding diaryl/α,β-unsaturated/α-hetero) is 2. The van der Waals surface area contributed by atoms with Gasteiger partial charge in [-0.05, 0) is 62.9 Å². The summed E-state index contributed by atoms with van der Waals surface area (Å²) in [5.41, 5.74) is 3.14. The highest BCUT2D eigenvalue weighted by Gasteiger charge is 2.64. The number of nitrogens with two attached hydrogens (primary N) is 1. The normalized spacial score (nSPS) is 25.3. The van der Waals surface area contributed by atoms with Crippen molar-refractivity contribution in [3.63, 3.8) is 0 Å². The molecule has 4 rings (SSSR count). The minimum atomic E-state index is -2.70. The molecule has 3 aliphatic carbocycles. The largest absolute Gasteiger partial charge is 0.508 e. The van der Waals surface area contributed by atoms with E-state index in [1.165, 1.54) is 4.90 Å². The summed E-state index contributed by atoms with van der Waals surface area (Å²) in [4.78, 5) is 54.9. The third-order valence-electron chi connectivity index (χ3n) is 8.62. The third-order valence-corrected chi connectivity index (χ3v) is 8.62. The Balaban J connectivity index is 1.85. The molecule has 0 heterocycles. The van der Waals surface area contributed by atoms with Crippen molar-refractivity contribution in [3.05, 3.63) is 39.7 Å². The Kier molecular flexibility index (Phi) is 8.43. The van der Waals surface area contributed by atoms with Crippen molar-refractivity contribution in [2.45, 2.75) is 57.1 Å². The van der Waals surface area contributed by atoms with E-state index in [0.717, 1.165) is 12.8 Å². The lowest BCUT2D eigenvalue weighted by molar-refractivity contribution is -0.153. The molecule has 1 saturated carbocycles. The number of aliphatic hydroxyl groups is 3. The summed E-state index contributed by atoms with van der Waals surface area (Å²) in [5, 5.41) is 45.6. The van der Waals surface area contributed by atoms with E-state index in [4.69, 9.17) is 10.5 Å². The van der Waals surface area contributed by atoms with E-state index in [-0.39, 0.29) is 42.6 Å². The lowest BCUT2D eigenvalue weighted by atomic mass is 9.57. The highest BCUT2D eigenvalue weighted by atomic mass is 16.5. The molecule has 0 aliphatic heterocycles. The zero-order valence-corrected chi connectivity index (χ0v) is 24.6. The van der Waals surface area contributed by atoms with E-state index in [2.05, 4.69) is 0 Å². The van der Waals surface area contributed by atoms with E-state index in [9.17, 15) is 39.6 Å². The Morgan fingerprint density at radius 1 is 1.14 bits per heavy atom. The van der Waals surface area contributed by atoms with Crippen LogP contribution < -0.4 is 10.6 Å². The first-order chi connectivity index (χ1) is 19.7. The maximum Gasteiger partial charge on any atom is 0.306 e. The fraction of sp³-hybridized carbons (Fsp3) is 0.533. The molecular weight excluding hydrogens is 546 g/mol. The summed E-state index contributed by atoms with van der Waals surface area (Å²) in [7, 11) is 6.67. The average Bonchev–Trinajstić information content (AvgIpc) is 2.89. The van der Waals surface area contributed by atoms with E-state index in [1.807, 2.05) is 6.92 Å². The molecule has 1 aromatic carbocycles. The van der Waals surface area contributed by atoms with Crippen molar-refractivity contribution in [3.8, 4) is 5.75 Å². The van der Waals surface area contributed by atoms with Gasteiger partial charge in [0.2, 0.25) is 5.78 Å². The monoisotopic (exact) mass is 585 g/mol. The molecule has 4 atom stereocenters. The standard InChI is InChI=1S/C30H39N3O9/c1-6-7-10-42-19(34)9-8-14-13-18(32(2)3)16-11-15-12-17-23(33(4)5)26(37)22(29(31)40)28(39)30(17,41)27(38)20(15)25(36)21(16)24(14)35/h13,15,17,23,35-36,39,41H,6-12H2,1-5H3,(H2,31,40)/t15-,17-,23?,30-/m0/s1. The van der Waals surface area contributed by atoms with Gasteiger partial charge in [0, 0.05) is 37.7 Å². The van der Waals surface area contributed by atoms with Gasteiger partial charge in [0.15, 0.2) is 11.4 Å². The fourth-order valence-corrected chi connectivity index (χ4v) is 6.57. The van der Waals surface area contributed by atoms with Crippen LogP contribution in [-0.4, -0.2) is 95.2 Å². The second-order valence-corrected chi connectivity index (χ2v) is 11.7. The number of primary amides is 1. The predicted molar refractivity (Wildman–Crippen MR) is 153 cm³/mol. The second-order valence-electron chi connectivity index (χ2n) is 11.7. The van der Waals surface area contributed by atoms with Crippen LogP contribution >= 0.6 is 0 Å². The summed E-state index contributed by atoms with van der Waals surface area (Å²) in [6.45, 7) is 2.28. The van der Waals surface area contributed by atoms with E-state index in [1.54, 1.807) is 39.2 Å². The highest BCUT2D eigenvalue weighted by Crippen LogP contribution is 2.54. The molecule has 6 N–H and O–H groups in total. The Labute approximate surface area is 244 Å². The van der Waals surface area contributed by atoms with E-state index in [0.29, 0.717) is 23.4 Å². The number of hydrogen-bond acceptors (Lipinski definition) is 11. The van der Waals surface area contributed by atoms with Crippen LogP contribution in [0.3, 0.4) is 0 Å². The van der Waals surface area contributed by atoms with Crippen LogP contribution in [0.1, 0.15) is 49.3 Å². The van der Waals surface area contributed by atoms with Gasteiger partial charge in [0.1, 0.15) is 22.8 Å². The molecular formula is C30H39N3O9. The summed E-state index contributed by atoms with van der Waals surface area (Å²) in [6, 6.07) is 0.580. The first-order valence-corrected chi connectivity index (χ1v) is 14.0. The van der Waals surface area contributed by atoms with Crippen LogP contribution in [0.5, 0.6) is 5.75 Å². The number of carbonyl (C=O) groups excluding carboxylic acids is 4. The number of ketones is 2. The average molecular weight is 586 g/mol. The molecule has 1 unspecified atom stereocenters. The Morgan fingerprint density at radius 2 is 1.81 bits per heavy atom. The number of nitrogens with zero attached hydrogens (tertiary/aromatic N) is 2. The molecule has 12 heteroatoms. The van der Waals surface area contributed by atoms with Crippen LogP contribution in [-0.2, 0) is 36.8 Å². The minimum Gasteiger partial charge on any atom is -0.508 e. The van der Waals surface area contributed by atoms with Crippen molar-refractivity contribution in [2.24, 2.45) is 17.6 Å². The number of phenols is 1. The molecule has 12 nitrogen and oxygen atoms in total. The Bertz CT molecular complexity index is 1410. The SMILES string of the molecule is CCCCOC(=O)CCc1cc(N(C)C)c2c(c1O)C(O)=C1C(=O)[C@]3(O)C(O)=C(C(N)=O)C(=O)C(N(C)C)[C@@H]3C[C@@H]1C2. The molecule has 0 radical (unpaired) electrons. The number of aliphatic hydroxyl groups excluding tert-OH is 2. The second kappa shape index (κ2) is 11.4. The topological polar surface area (TPSA) is 191 Å². The number of unbranched alkanes of at least 4 members (excludes halogenated alkanes) is 1. The predicted octanol–water partition coefficient (Wildman–Crippen LogP) is 1.31. The zero-order chi connectivity index (χ0) is 31.3. The fourth-order valence-electron chi connectivity index (χ4n) is 6.57. The van der Waals surface area contributed by atoms with E-state index < -0.39 is 64.0 Å². The highest BCUT2D eigenvalue weighted by molar-refractivity contribution is 6.24. The van der Waals surface area contributed by atoms with Gasteiger partial charge < -0.3 is 35.8 Å². The molecule has 0 spiro atoms. The molecule has 42 heavy (non-hydrogen) atoms. The number of aryl methyl sites for hydroxylation is 1. The number of phenolic OH excluding ortho intramolecular Hbond substituents is 1. The number of likely N-dealkylation sites (N-methyl/N-ethyl adjacent to an activating group) is 1. The van der Waals surface area contributed by atoms with Gasteiger partial charge in [0.05, 0.1) is 18.2 Å². The number of benzene rings is 1. The number of fused-ring (bicyclic) bond motifs is 3. The number of anilines is 1. The third kappa shape index (κ3) is 4.82. The summed E-state index contributed by atoms with van der Waals surface area (Å²) < 4.78 is 5.22. The van der Waals surface area contributed by atoms with Crippen LogP contribution in [0.25, 0.3) is 5.76 Å². The summed E-state index contributed by atoms with van der Waals surface area (Å²) in [6.07, 6.45) is 1.88. The molecule has 0 bridgehead atoms. The number of ether oxygens (including phenoxy) is 1. The first kappa shape index (κ1) is 31.0. The lowest BCUT2D eigenvalue weighted by Crippen LogP contribution is -2.65. The van der Waals surface area contributed by atoms with Gasteiger partial charge >= 0.3 is 5.97 Å². The van der Waals surface area contributed by atoms with Crippen molar-refractivity contribution >= 4 is 34.9 Å². The Morgan fingerprint density at radius 3 is 2.38 bits per heavy atom. The van der Waals surface area contributed by atoms with Crippen LogP contribution in [0.15, 0.2) is 23.0 Å². The Hall–Kier alpha value is -3.90. The molecule has 1 amide bonds. The summed E-state index contributed by atoms with van der Waals surface area (Å²) >= 11 is 0. The van der Waals surface area contributed by atoms with Gasteiger partial charge in [-0.1, -0.05) is 13.3 Å². The van der Waals surface area contributed by atoms with Gasteiger partial charge in [-0.25, -0.2) is 0 Å². The van der Waals surface area contributed by atoms with Gasteiger partial charge in [-0.15, -0.1) is 0 Å². The van der Waals surface area contributed by atoms with Gasteiger partial charge in [0.25, 0.3) is 5.91 Å². The molecule has 0 saturated heterocycles. The zero-order valence-electron chi connectivity index (χ0n) is 24.6. The van der Waals surface area contributed by atoms with Gasteiger partial charge in [-0.3, -0.25) is 24.1 Å². The van der Waals surface area contributed by atoms with Crippen LogP contribution in [0, 0.1) is 11.8 Å². The number of rotatable bonds is 9. The molecule has 228 valence electrons. The minimum absolute atomic E-state index is 0.00471. The van der Waals surface area contributed by atoms with Crippen molar-refractivity contribution in [2.75, 3.05) is 39.7 Å². The number of hydrogen-bond donors (Lipinski definition) is 5. The smallest absolute Gasteiger partial charge is 0.306 e. The maximum absolute atomic E-state index is 14.0. The molecule has 1 fully saturated rings. The number of aromatic hydroxyl groups is 1. The molecule has 3 aliphatic rings. The van der Waals surface area contributed by atoms with Gasteiger partial charge in [-0.2, -0.15) is 0 Å². The molecule has 1 aromatic rings.